The number of para-hydroxylation sites is 3. The highest BCUT2D eigenvalue weighted by atomic mass is 16.5. The van der Waals surface area contributed by atoms with Gasteiger partial charge in [-0.2, -0.15) is 0 Å². The quantitative estimate of drug-likeness (QED) is 0.791. The minimum Gasteiger partial charge on any atom is -0.488 e. The van der Waals surface area contributed by atoms with E-state index in [4.69, 9.17) is 9.47 Å². The molecule has 1 heterocycles. The first-order valence-electron chi connectivity index (χ1n) is 8.09. The van der Waals surface area contributed by atoms with Crippen molar-refractivity contribution in [1.82, 2.24) is 4.90 Å². The average Bonchev–Trinajstić information content (AvgIpc) is 2.58. The van der Waals surface area contributed by atoms with Gasteiger partial charge in [-0.15, -0.1) is 0 Å². The van der Waals surface area contributed by atoms with E-state index >= 15 is 0 Å². The van der Waals surface area contributed by atoms with Gasteiger partial charge in [0.1, 0.15) is 12.4 Å². The zero-order valence-corrected chi connectivity index (χ0v) is 12.9. The monoisotopic (exact) mass is 297 g/mol. The van der Waals surface area contributed by atoms with E-state index in [0.717, 1.165) is 23.8 Å². The zero-order chi connectivity index (χ0) is 15.0. The third kappa shape index (κ3) is 4.25. The van der Waals surface area contributed by atoms with Gasteiger partial charge >= 0.3 is 0 Å². The predicted molar refractivity (Wildman–Crippen MR) is 88.7 cm³/mol. The Morgan fingerprint density at radius 3 is 2.23 bits per heavy atom. The second-order valence-electron chi connectivity index (χ2n) is 5.61. The van der Waals surface area contributed by atoms with Crippen LogP contribution < -0.4 is 9.47 Å². The Hall–Kier alpha value is -2.00. The normalized spacial score (nSPS) is 15.5. The maximum Gasteiger partial charge on any atom is 0.169 e. The van der Waals surface area contributed by atoms with Crippen molar-refractivity contribution >= 4 is 0 Å². The topological polar surface area (TPSA) is 21.7 Å². The average molecular weight is 297 g/mol. The first-order valence-corrected chi connectivity index (χ1v) is 8.09. The largest absolute Gasteiger partial charge is 0.488 e. The van der Waals surface area contributed by atoms with Crippen LogP contribution >= 0.6 is 0 Å². The SMILES string of the molecule is c1ccc(Oc2ccccc2OCCN2CCCCC2)cc1. The van der Waals surface area contributed by atoms with Crippen molar-refractivity contribution in [2.75, 3.05) is 26.2 Å². The van der Waals surface area contributed by atoms with Gasteiger partial charge in [-0.25, -0.2) is 0 Å². The second-order valence-corrected chi connectivity index (χ2v) is 5.61. The minimum absolute atomic E-state index is 0.704. The molecule has 0 unspecified atom stereocenters. The smallest absolute Gasteiger partial charge is 0.169 e. The summed E-state index contributed by atoms with van der Waals surface area (Å²) in [6.07, 6.45) is 3.99. The highest BCUT2D eigenvalue weighted by Gasteiger charge is 2.10. The number of likely N-dealkylation sites (tertiary alicyclic amines) is 1. The summed E-state index contributed by atoms with van der Waals surface area (Å²) in [7, 11) is 0. The summed E-state index contributed by atoms with van der Waals surface area (Å²) in [5.41, 5.74) is 0. The van der Waals surface area contributed by atoms with Crippen LogP contribution in [0, 0.1) is 0 Å². The lowest BCUT2D eigenvalue weighted by Gasteiger charge is -2.26. The molecule has 3 heteroatoms. The molecule has 3 nitrogen and oxygen atoms in total. The Balaban J connectivity index is 1.56. The van der Waals surface area contributed by atoms with Crippen LogP contribution in [0.5, 0.6) is 17.2 Å². The molecule has 0 bridgehead atoms. The van der Waals surface area contributed by atoms with E-state index in [1.807, 2.05) is 54.6 Å². The van der Waals surface area contributed by atoms with Gasteiger partial charge in [-0.05, 0) is 50.2 Å². The summed E-state index contributed by atoms with van der Waals surface area (Å²) in [6.45, 7) is 4.09. The van der Waals surface area contributed by atoms with E-state index in [1.165, 1.54) is 32.4 Å². The van der Waals surface area contributed by atoms with Crippen LogP contribution in [0.25, 0.3) is 0 Å². The number of rotatable bonds is 6. The molecule has 1 aliphatic rings. The van der Waals surface area contributed by atoms with Gasteiger partial charge in [0.2, 0.25) is 0 Å². The summed E-state index contributed by atoms with van der Waals surface area (Å²) < 4.78 is 11.9. The van der Waals surface area contributed by atoms with Crippen LogP contribution in [-0.2, 0) is 0 Å². The molecular weight excluding hydrogens is 274 g/mol. The van der Waals surface area contributed by atoms with Gasteiger partial charge < -0.3 is 9.47 Å². The number of nitrogens with zero attached hydrogens (tertiary/aromatic N) is 1. The molecule has 116 valence electrons. The van der Waals surface area contributed by atoms with Gasteiger partial charge in [0.15, 0.2) is 11.5 Å². The second kappa shape index (κ2) is 7.85. The first-order chi connectivity index (χ1) is 10.9. The molecule has 0 aliphatic carbocycles. The third-order valence-corrected chi connectivity index (χ3v) is 3.93. The lowest BCUT2D eigenvalue weighted by atomic mass is 10.1. The van der Waals surface area contributed by atoms with Crippen molar-refractivity contribution in [3.63, 3.8) is 0 Å². The third-order valence-electron chi connectivity index (χ3n) is 3.93. The molecule has 1 fully saturated rings. The summed E-state index contributed by atoms with van der Waals surface area (Å²) in [6, 6.07) is 17.7. The lowest BCUT2D eigenvalue weighted by Crippen LogP contribution is -2.33. The Labute approximate surface area is 132 Å². The molecule has 0 spiro atoms. The number of benzene rings is 2. The first kappa shape index (κ1) is 14.9. The van der Waals surface area contributed by atoms with Gasteiger partial charge in [0.25, 0.3) is 0 Å². The van der Waals surface area contributed by atoms with Gasteiger partial charge in [0.05, 0.1) is 0 Å². The van der Waals surface area contributed by atoms with Gasteiger partial charge in [0, 0.05) is 6.54 Å². The van der Waals surface area contributed by atoms with Crippen molar-refractivity contribution in [2.24, 2.45) is 0 Å². The van der Waals surface area contributed by atoms with E-state index in [0.29, 0.717) is 6.61 Å². The van der Waals surface area contributed by atoms with Crippen LogP contribution in [-0.4, -0.2) is 31.1 Å². The lowest BCUT2D eigenvalue weighted by molar-refractivity contribution is 0.181. The fourth-order valence-corrected chi connectivity index (χ4v) is 2.74. The number of hydrogen-bond donors (Lipinski definition) is 0. The molecule has 3 rings (SSSR count). The number of piperidine rings is 1. The maximum atomic E-state index is 5.95. The minimum atomic E-state index is 0.704. The molecule has 0 aromatic heterocycles. The van der Waals surface area contributed by atoms with Crippen LogP contribution in [0.2, 0.25) is 0 Å². The summed E-state index contributed by atoms with van der Waals surface area (Å²) in [4.78, 5) is 2.48. The molecule has 0 radical (unpaired) electrons. The predicted octanol–water partition coefficient (Wildman–Crippen LogP) is 4.34. The van der Waals surface area contributed by atoms with Crippen molar-refractivity contribution in [1.29, 1.82) is 0 Å². The molecule has 0 N–H and O–H groups in total. The van der Waals surface area contributed by atoms with Crippen molar-refractivity contribution in [2.45, 2.75) is 19.3 Å². The fourth-order valence-electron chi connectivity index (χ4n) is 2.74. The Bertz CT molecular complexity index is 565. The van der Waals surface area contributed by atoms with Gasteiger partial charge in [-0.3, -0.25) is 4.90 Å². The zero-order valence-electron chi connectivity index (χ0n) is 12.9. The van der Waals surface area contributed by atoms with E-state index in [-0.39, 0.29) is 0 Å². The van der Waals surface area contributed by atoms with Crippen molar-refractivity contribution in [3.8, 4) is 17.2 Å². The van der Waals surface area contributed by atoms with E-state index in [1.54, 1.807) is 0 Å². The van der Waals surface area contributed by atoms with Gasteiger partial charge in [-0.1, -0.05) is 36.8 Å². The molecule has 0 amide bonds. The highest BCUT2D eigenvalue weighted by molar-refractivity contribution is 5.42. The standard InChI is InChI=1S/C19H23NO2/c1-3-9-17(10-4-1)22-19-12-6-5-11-18(19)21-16-15-20-13-7-2-8-14-20/h1,3-6,9-12H,2,7-8,13-16H2. The molecular formula is C19H23NO2. The molecule has 2 aromatic carbocycles. The fraction of sp³-hybridized carbons (Fsp3) is 0.368. The molecule has 0 atom stereocenters. The molecule has 22 heavy (non-hydrogen) atoms. The number of ether oxygens (including phenoxy) is 2. The number of hydrogen-bond acceptors (Lipinski definition) is 3. The highest BCUT2D eigenvalue weighted by Crippen LogP contribution is 2.31. The Morgan fingerprint density at radius 2 is 1.45 bits per heavy atom. The van der Waals surface area contributed by atoms with Crippen LogP contribution in [0.15, 0.2) is 54.6 Å². The molecule has 2 aromatic rings. The van der Waals surface area contributed by atoms with Crippen LogP contribution in [0.1, 0.15) is 19.3 Å². The van der Waals surface area contributed by atoms with E-state index < -0.39 is 0 Å². The molecule has 0 saturated carbocycles. The molecule has 1 saturated heterocycles. The Kier molecular flexibility index (Phi) is 5.32. The summed E-state index contributed by atoms with van der Waals surface area (Å²) in [5.74, 6) is 2.41. The van der Waals surface area contributed by atoms with E-state index in [9.17, 15) is 0 Å². The van der Waals surface area contributed by atoms with Crippen molar-refractivity contribution < 1.29 is 9.47 Å². The van der Waals surface area contributed by atoms with Crippen LogP contribution in [0.4, 0.5) is 0 Å². The molecule has 1 aliphatic heterocycles. The summed E-state index contributed by atoms with van der Waals surface area (Å²) >= 11 is 0. The van der Waals surface area contributed by atoms with Crippen LogP contribution in [0.3, 0.4) is 0 Å². The van der Waals surface area contributed by atoms with E-state index in [2.05, 4.69) is 4.90 Å². The Morgan fingerprint density at radius 1 is 0.773 bits per heavy atom. The maximum absolute atomic E-state index is 5.95. The van der Waals surface area contributed by atoms with Crippen molar-refractivity contribution in [3.05, 3.63) is 54.6 Å². The summed E-state index contributed by atoms with van der Waals surface area (Å²) in [5, 5.41) is 0.